The SMILES string of the molecule is CC(=O)NCCc1c(-c2ccccc2)[nH]c2ccc(F)cc12. The maximum Gasteiger partial charge on any atom is 0.216 e. The van der Waals surface area contributed by atoms with Crippen LogP contribution in [-0.2, 0) is 11.2 Å². The molecule has 0 aliphatic heterocycles. The predicted molar refractivity (Wildman–Crippen MR) is 86.1 cm³/mol. The summed E-state index contributed by atoms with van der Waals surface area (Å²) in [4.78, 5) is 14.4. The van der Waals surface area contributed by atoms with Crippen LogP contribution >= 0.6 is 0 Å². The molecule has 1 heterocycles. The fourth-order valence-electron chi connectivity index (χ4n) is 2.69. The molecule has 0 radical (unpaired) electrons. The Kier molecular flexibility index (Phi) is 3.92. The summed E-state index contributed by atoms with van der Waals surface area (Å²) in [7, 11) is 0. The largest absolute Gasteiger partial charge is 0.356 e. The van der Waals surface area contributed by atoms with Crippen molar-refractivity contribution in [3.05, 3.63) is 59.9 Å². The van der Waals surface area contributed by atoms with Gasteiger partial charge in [-0.15, -0.1) is 0 Å². The molecule has 2 aromatic carbocycles. The fraction of sp³-hybridized carbons (Fsp3) is 0.167. The van der Waals surface area contributed by atoms with E-state index in [1.807, 2.05) is 30.3 Å². The van der Waals surface area contributed by atoms with Crippen molar-refractivity contribution in [3.63, 3.8) is 0 Å². The van der Waals surface area contributed by atoms with Crippen molar-refractivity contribution in [3.8, 4) is 11.3 Å². The summed E-state index contributed by atoms with van der Waals surface area (Å²) in [5.74, 6) is -0.320. The van der Waals surface area contributed by atoms with Gasteiger partial charge in [-0.3, -0.25) is 4.79 Å². The van der Waals surface area contributed by atoms with Crippen LogP contribution in [0, 0.1) is 5.82 Å². The minimum atomic E-state index is -0.258. The molecular weight excluding hydrogens is 279 g/mol. The third-order valence-electron chi connectivity index (χ3n) is 3.68. The van der Waals surface area contributed by atoms with E-state index in [4.69, 9.17) is 0 Å². The molecule has 0 saturated heterocycles. The normalized spacial score (nSPS) is 10.8. The smallest absolute Gasteiger partial charge is 0.216 e. The van der Waals surface area contributed by atoms with Gasteiger partial charge in [-0.05, 0) is 35.7 Å². The van der Waals surface area contributed by atoms with E-state index in [1.54, 1.807) is 12.1 Å². The third kappa shape index (κ3) is 2.86. The Morgan fingerprint density at radius 1 is 1.18 bits per heavy atom. The van der Waals surface area contributed by atoms with Crippen LogP contribution in [0.15, 0.2) is 48.5 Å². The van der Waals surface area contributed by atoms with Crippen LogP contribution in [0.2, 0.25) is 0 Å². The Balaban J connectivity index is 2.07. The Bertz CT molecular complexity index is 809. The Labute approximate surface area is 128 Å². The van der Waals surface area contributed by atoms with Gasteiger partial charge in [-0.25, -0.2) is 4.39 Å². The fourth-order valence-corrected chi connectivity index (χ4v) is 2.69. The van der Waals surface area contributed by atoms with Gasteiger partial charge < -0.3 is 10.3 Å². The van der Waals surface area contributed by atoms with E-state index >= 15 is 0 Å². The number of hydrogen-bond donors (Lipinski definition) is 2. The first-order chi connectivity index (χ1) is 10.6. The standard InChI is InChI=1S/C18H17FN2O/c1-12(22)20-10-9-15-16-11-14(19)7-8-17(16)21-18(15)13-5-3-2-4-6-13/h2-8,11,21H,9-10H2,1H3,(H,20,22). The van der Waals surface area contributed by atoms with E-state index in [9.17, 15) is 9.18 Å². The Morgan fingerprint density at radius 3 is 2.68 bits per heavy atom. The maximum absolute atomic E-state index is 13.6. The number of fused-ring (bicyclic) bond motifs is 1. The Morgan fingerprint density at radius 2 is 1.95 bits per heavy atom. The quantitative estimate of drug-likeness (QED) is 0.758. The number of halogens is 1. The van der Waals surface area contributed by atoms with Crippen molar-refractivity contribution in [2.45, 2.75) is 13.3 Å². The average molecular weight is 296 g/mol. The number of rotatable bonds is 4. The first kappa shape index (κ1) is 14.3. The number of amides is 1. The molecule has 0 aliphatic carbocycles. The Hall–Kier alpha value is -2.62. The summed E-state index contributed by atoms with van der Waals surface area (Å²) in [5.41, 5.74) is 3.95. The number of nitrogens with one attached hydrogen (secondary N) is 2. The summed E-state index contributed by atoms with van der Waals surface area (Å²) in [6.45, 7) is 2.02. The van der Waals surface area contributed by atoms with E-state index in [2.05, 4.69) is 10.3 Å². The lowest BCUT2D eigenvalue weighted by Gasteiger charge is -2.06. The second-order valence-electron chi connectivity index (χ2n) is 5.27. The van der Waals surface area contributed by atoms with Crippen molar-refractivity contribution in [1.82, 2.24) is 10.3 Å². The van der Waals surface area contributed by atoms with Crippen LogP contribution in [-0.4, -0.2) is 17.4 Å². The highest BCUT2D eigenvalue weighted by molar-refractivity contribution is 5.91. The minimum Gasteiger partial charge on any atom is -0.356 e. The van der Waals surface area contributed by atoms with Crippen molar-refractivity contribution >= 4 is 16.8 Å². The van der Waals surface area contributed by atoms with E-state index < -0.39 is 0 Å². The number of carbonyl (C=O) groups is 1. The van der Waals surface area contributed by atoms with Crippen molar-refractivity contribution in [1.29, 1.82) is 0 Å². The van der Waals surface area contributed by atoms with Crippen LogP contribution in [0.1, 0.15) is 12.5 Å². The molecule has 0 bridgehead atoms. The molecule has 0 spiro atoms. The third-order valence-corrected chi connectivity index (χ3v) is 3.68. The van der Waals surface area contributed by atoms with E-state index in [0.717, 1.165) is 27.7 Å². The topological polar surface area (TPSA) is 44.9 Å². The molecule has 0 aliphatic rings. The van der Waals surface area contributed by atoms with E-state index in [0.29, 0.717) is 13.0 Å². The minimum absolute atomic E-state index is 0.0627. The molecule has 3 aromatic rings. The predicted octanol–water partition coefficient (Wildman–Crippen LogP) is 3.65. The lowest BCUT2D eigenvalue weighted by Crippen LogP contribution is -2.22. The molecular formula is C18H17FN2O. The molecule has 1 amide bonds. The monoisotopic (exact) mass is 296 g/mol. The molecule has 0 unspecified atom stereocenters. The highest BCUT2D eigenvalue weighted by Gasteiger charge is 2.13. The summed E-state index contributed by atoms with van der Waals surface area (Å²) in [5, 5.41) is 3.66. The molecule has 0 saturated carbocycles. The molecule has 22 heavy (non-hydrogen) atoms. The van der Waals surface area contributed by atoms with Gasteiger partial charge in [-0.2, -0.15) is 0 Å². The van der Waals surface area contributed by atoms with Crippen molar-refractivity contribution in [2.24, 2.45) is 0 Å². The molecule has 0 atom stereocenters. The molecule has 3 rings (SSSR count). The highest BCUT2D eigenvalue weighted by atomic mass is 19.1. The summed E-state index contributed by atoms with van der Waals surface area (Å²) in [6, 6.07) is 14.7. The number of aromatic nitrogens is 1. The number of H-pyrrole nitrogens is 1. The highest BCUT2D eigenvalue weighted by Crippen LogP contribution is 2.31. The number of aromatic amines is 1. The molecule has 2 N–H and O–H groups in total. The summed E-state index contributed by atoms with van der Waals surface area (Å²) in [6.07, 6.45) is 0.646. The van der Waals surface area contributed by atoms with Crippen LogP contribution in [0.3, 0.4) is 0 Å². The zero-order chi connectivity index (χ0) is 15.5. The lowest BCUT2D eigenvalue weighted by atomic mass is 10.0. The first-order valence-corrected chi connectivity index (χ1v) is 7.25. The second kappa shape index (κ2) is 6.02. The van der Waals surface area contributed by atoms with Gasteiger partial charge in [0.2, 0.25) is 5.91 Å². The molecule has 3 nitrogen and oxygen atoms in total. The summed E-state index contributed by atoms with van der Waals surface area (Å²) >= 11 is 0. The van der Waals surface area contributed by atoms with Gasteiger partial charge in [-0.1, -0.05) is 30.3 Å². The van der Waals surface area contributed by atoms with Gasteiger partial charge >= 0.3 is 0 Å². The van der Waals surface area contributed by atoms with Gasteiger partial charge in [0.25, 0.3) is 0 Å². The first-order valence-electron chi connectivity index (χ1n) is 7.25. The van der Waals surface area contributed by atoms with Crippen molar-refractivity contribution < 1.29 is 9.18 Å². The van der Waals surface area contributed by atoms with Crippen LogP contribution in [0.25, 0.3) is 22.2 Å². The zero-order valence-electron chi connectivity index (χ0n) is 12.3. The number of benzene rings is 2. The molecule has 112 valence electrons. The molecule has 1 aromatic heterocycles. The van der Waals surface area contributed by atoms with Crippen LogP contribution in [0.5, 0.6) is 0 Å². The van der Waals surface area contributed by atoms with Gasteiger partial charge in [0.15, 0.2) is 0 Å². The van der Waals surface area contributed by atoms with E-state index in [1.165, 1.54) is 13.0 Å². The lowest BCUT2D eigenvalue weighted by molar-refractivity contribution is -0.118. The average Bonchev–Trinajstić information content (AvgIpc) is 2.86. The zero-order valence-corrected chi connectivity index (χ0v) is 12.3. The number of hydrogen-bond acceptors (Lipinski definition) is 1. The van der Waals surface area contributed by atoms with Crippen molar-refractivity contribution in [2.75, 3.05) is 6.54 Å². The molecule has 0 fully saturated rings. The van der Waals surface area contributed by atoms with Crippen LogP contribution < -0.4 is 5.32 Å². The van der Waals surface area contributed by atoms with Gasteiger partial charge in [0, 0.05) is 30.1 Å². The van der Waals surface area contributed by atoms with Crippen LogP contribution in [0.4, 0.5) is 4.39 Å². The van der Waals surface area contributed by atoms with E-state index in [-0.39, 0.29) is 11.7 Å². The number of carbonyl (C=O) groups excluding carboxylic acids is 1. The maximum atomic E-state index is 13.6. The molecule has 4 heteroatoms. The van der Waals surface area contributed by atoms with Gasteiger partial charge in [0.05, 0.1) is 0 Å². The summed E-state index contributed by atoms with van der Waals surface area (Å²) < 4.78 is 13.6. The second-order valence-corrected chi connectivity index (χ2v) is 5.27. The van der Waals surface area contributed by atoms with Gasteiger partial charge in [0.1, 0.15) is 5.82 Å².